The molecule has 0 aliphatic rings. The van der Waals surface area contributed by atoms with Crippen LogP contribution in [0.5, 0.6) is 0 Å². The summed E-state index contributed by atoms with van der Waals surface area (Å²) in [5.74, 6) is -0.772. The van der Waals surface area contributed by atoms with E-state index in [2.05, 4.69) is 5.32 Å². The zero-order chi connectivity index (χ0) is 15.4. The van der Waals surface area contributed by atoms with E-state index in [1.807, 2.05) is 12.1 Å². The first kappa shape index (κ1) is 15.1. The molecule has 21 heavy (non-hydrogen) atoms. The molecular formula is C16H15FN2OS. The molecule has 2 aromatic rings. The van der Waals surface area contributed by atoms with Gasteiger partial charge in [-0.25, -0.2) is 4.39 Å². The van der Waals surface area contributed by atoms with Crippen LogP contribution in [0.1, 0.15) is 21.5 Å². The van der Waals surface area contributed by atoms with E-state index in [0.29, 0.717) is 28.2 Å². The Labute approximate surface area is 128 Å². The fourth-order valence-electron chi connectivity index (χ4n) is 1.98. The molecule has 2 rings (SSSR count). The Bertz CT molecular complexity index is 663. The summed E-state index contributed by atoms with van der Waals surface area (Å²) in [7, 11) is 0. The first-order valence-electron chi connectivity index (χ1n) is 6.40. The van der Waals surface area contributed by atoms with Gasteiger partial charge in [0.25, 0.3) is 5.91 Å². The third-order valence-corrected chi connectivity index (χ3v) is 3.04. The van der Waals surface area contributed by atoms with Gasteiger partial charge in [-0.1, -0.05) is 24.4 Å². The largest absolute Gasteiger partial charge is 0.393 e. The summed E-state index contributed by atoms with van der Waals surface area (Å²) in [5.41, 5.74) is 8.07. The minimum atomic E-state index is -0.424. The highest BCUT2D eigenvalue weighted by atomic mass is 32.1. The number of thiocarbonyl (C=S) groups is 1. The lowest BCUT2D eigenvalue weighted by Gasteiger charge is -2.07. The van der Waals surface area contributed by atoms with E-state index < -0.39 is 5.82 Å². The maximum Gasteiger partial charge on any atom is 0.255 e. The van der Waals surface area contributed by atoms with Crippen molar-refractivity contribution in [1.82, 2.24) is 0 Å². The maximum absolute atomic E-state index is 13.3. The molecule has 0 saturated heterocycles. The van der Waals surface area contributed by atoms with E-state index >= 15 is 0 Å². The fraction of sp³-hybridized carbons (Fsp3) is 0.125. The number of aryl methyl sites for hydroxylation is 1. The molecule has 1 amide bonds. The molecule has 0 radical (unpaired) electrons. The van der Waals surface area contributed by atoms with E-state index in [0.717, 1.165) is 5.56 Å². The molecule has 0 unspecified atom stereocenters. The molecule has 0 saturated carbocycles. The standard InChI is InChI=1S/C16H15FN2OS/c1-10-6-12(9-13(17)7-10)16(20)19-14-4-2-11(3-5-14)8-15(18)21/h2-7,9H,8H2,1H3,(H2,18,21)(H,19,20). The molecule has 0 aliphatic heterocycles. The van der Waals surface area contributed by atoms with Crippen LogP contribution in [0.3, 0.4) is 0 Å². The molecular weight excluding hydrogens is 287 g/mol. The van der Waals surface area contributed by atoms with Gasteiger partial charge in [0.1, 0.15) is 5.82 Å². The zero-order valence-corrected chi connectivity index (χ0v) is 12.3. The number of benzene rings is 2. The van der Waals surface area contributed by atoms with Crippen molar-refractivity contribution in [3.63, 3.8) is 0 Å². The van der Waals surface area contributed by atoms with E-state index in [-0.39, 0.29) is 5.91 Å². The SMILES string of the molecule is Cc1cc(F)cc(C(=O)Nc2ccc(CC(N)=S)cc2)c1. The molecule has 0 spiro atoms. The third-order valence-electron chi connectivity index (χ3n) is 2.89. The number of carbonyl (C=O) groups is 1. The topological polar surface area (TPSA) is 55.1 Å². The van der Waals surface area contributed by atoms with Crippen LogP contribution >= 0.6 is 12.2 Å². The van der Waals surface area contributed by atoms with Crippen molar-refractivity contribution in [2.45, 2.75) is 13.3 Å². The Balaban J connectivity index is 2.10. The summed E-state index contributed by atoms with van der Waals surface area (Å²) < 4.78 is 13.3. The maximum atomic E-state index is 13.3. The highest BCUT2D eigenvalue weighted by Gasteiger charge is 2.08. The molecule has 2 aromatic carbocycles. The molecule has 0 bridgehead atoms. The predicted octanol–water partition coefficient (Wildman–Crippen LogP) is 3.22. The lowest BCUT2D eigenvalue weighted by atomic mass is 10.1. The number of hydrogen-bond acceptors (Lipinski definition) is 2. The van der Waals surface area contributed by atoms with Crippen molar-refractivity contribution in [3.8, 4) is 0 Å². The summed E-state index contributed by atoms with van der Waals surface area (Å²) in [6, 6.07) is 11.4. The highest BCUT2D eigenvalue weighted by molar-refractivity contribution is 7.80. The predicted molar refractivity (Wildman–Crippen MR) is 86.0 cm³/mol. The molecule has 108 valence electrons. The van der Waals surface area contributed by atoms with E-state index in [4.69, 9.17) is 18.0 Å². The smallest absolute Gasteiger partial charge is 0.255 e. The van der Waals surface area contributed by atoms with Gasteiger partial charge in [0, 0.05) is 17.7 Å². The summed E-state index contributed by atoms with van der Waals surface area (Å²) >= 11 is 4.84. The number of rotatable bonds is 4. The van der Waals surface area contributed by atoms with Crippen LogP contribution in [0.2, 0.25) is 0 Å². The van der Waals surface area contributed by atoms with Crippen LogP contribution in [0, 0.1) is 12.7 Å². The van der Waals surface area contributed by atoms with Crippen molar-refractivity contribution in [2.75, 3.05) is 5.32 Å². The van der Waals surface area contributed by atoms with Gasteiger partial charge in [-0.2, -0.15) is 0 Å². The van der Waals surface area contributed by atoms with Gasteiger partial charge in [-0.15, -0.1) is 0 Å². The van der Waals surface area contributed by atoms with Gasteiger partial charge in [0.15, 0.2) is 0 Å². The molecule has 3 nitrogen and oxygen atoms in total. The lowest BCUT2D eigenvalue weighted by Crippen LogP contribution is -2.13. The van der Waals surface area contributed by atoms with Gasteiger partial charge in [0.05, 0.1) is 4.99 Å². The zero-order valence-electron chi connectivity index (χ0n) is 11.5. The Morgan fingerprint density at radius 3 is 2.48 bits per heavy atom. The van der Waals surface area contributed by atoms with E-state index in [9.17, 15) is 9.18 Å². The average Bonchev–Trinajstić information content (AvgIpc) is 2.39. The van der Waals surface area contributed by atoms with Crippen LogP contribution in [-0.2, 0) is 6.42 Å². The summed E-state index contributed by atoms with van der Waals surface area (Å²) in [4.78, 5) is 12.5. The second-order valence-electron chi connectivity index (χ2n) is 4.81. The van der Waals surface area contributed by atoms with Crippen molar-refractivity contribution in [1.29, 1.82) is 0 Å². The minimum absolute atomic E-state index is 0.291. The van der Waals surface area contributed by atoms with E-state index in [1.165, 1.54) is 12.1 Å². The molecule has 0 atom stereocenters. The number of halogens is 1. The quantitative estimate of drug-likeness (QED) is 0.853. The summed E-state index contributed by atoms with van der Waals surface area (Å²) in [5, 5.41) is 2.72. The molecule has 0 heterocycles. The first-order chi connectivity index (χ1) is 9.94. The van der Waals surface area contributed by atoms with Gasteiger partial charge in [-0.3, -0.25) is 4.79 Å². The summed E-state index contributed by atoms with van der Waals surface area (Å²) in [6.07, 6.45) is 0.520. The summed E-state index contributed by atoms with van der Waals surface area (Å²) in [6.45, 7) is 1.74. The molecule has 0 aliphatic carbocycles. The number of anilines is 1. The van der Waals surface area contributed by atoms with Crippen LogP contribution in [0.25, 0.3) is 0 Å². The lowest BCUT2D eigenvalue weighted by molar-refractivity contribution is 0.102. The van der Waals surface area contributed by atoms with Crippen molar-refractivity contribution < 1.29 is 9.18 Å². The van der Waals surface area contributed by atoms with Crippen molar-refractivity contribution >= 4 is 28.8 Å². The third kappa shape index (κ3) is 4.36. The van der Waals surface area contributed by atoms with E-state index in [1.54, 1.807) is 25.1 Å². The number of hydrogen-bond donors (Lipinski definition) is 2. The van der Waals surface area contributed by atoms with Crippen LogP contribution in [0.15, 0.2) is 42.5 Å². The molecule has 5 heteroatoms. The van der Waals surface area contributed by atoms with Crippen molar-refractivity contribution in [3.05, 3.63) is 65.0 Å². The van der Waals surface area contributed by atoms with Crippen LogP contribution in [0.4, 0.5) is 10.1 Å². The number of amides is 1. The van der Waals surface area contributed by atoms with Gasteiger partial charge in [0.2, 0.25) is 0 Å². The second-order valence-corrected chi connectivity index (χ2v) is 5.34. The number of carbonyl (C=O) groups excluding carboxylic acids is 1. The first-order valence-corrected chi connectivity index (χ1v) is 6.80. The normalized spacial score (nSPS) is 10.2. The fourth-order valence-corrected chi connectivity index (χ4v) is 2.14. The molecule has 0 fully saturated rings. The molecule has 0 aromatic heterocycles. The highest BCUT2D eigenvalue weighted by Crippen LogP contribution is 2.14. The molecule has 3 N–H and O–H groups in total. The van der Waals surface area contributed by atoms with Gasteiger partial charge >= 0.3 is 0 Å². The van der Waals surface area contributed by atoms with Crippen LogP contribution in [-0.4, -0.2) is 10.9 Å². The number of nitrogens with one attached hydrogen (secondary N) is 1. The Morgan fingerprint density at radius 1 is 1.24 bits per heavy atom. The van der Waals surface area contributed by atoms with Gasteiger partial charge in [-0.05, 0) is 48.4 Å². The van der Waals surface area contributed by atoms with Gasteiger partial charge < -0.3 is 11.1 Å². The Morgan fingerprint density at radius 2 is 1.90 bits per heavy atom. The Kier molecular flexibility index (Phi) is 4.65. The Hall–Kier alpha value is -2.27. The minimum Gasteiger partial charge on any atom is -0.393 e. The van der Waals surface area contributed by atoms with Crippen LogP contribution < -0.4 is 11.1 Å². The average molecular weight is 302 g/mol. The van der Waals surface area contributed by atoms with Crippen molar-refractivity contribution in [2.24, 2.45) is 5.73 Å². The second kappa shape index (κ2) is 6.45. The monoisotopic (exact) mass is 302 g/mol. The number of nitrogens with two attached hydrogens (primary N) is 1.